The molecule has 1 heterocycles. The molecule has 5 heteroatoms. The van der Waals surface area contributed by atoms with E-state index in [0.29, 0.717) is 11.5 Å². The van der Waals surface area contributed by atoms with Crippen LogP contribution >= 0.6 is 0 Å². The van der Waals surface area contributed by atoms with Crippen LogP contribution in [0.15, 0.2) is 65.8 Å². The zero-order valence-corrected chi connectivity index (χ0v) is 22.8. The van der Waals surface area contributed by atoms with E-state index < -0.39 is 5.97 Å². The second kappa shape index (κ2) is 10.9. The zero-order valence-electron chi connectivity index (χ0n) is 22.8. The molecule has 0 saturated heterocycles. The van der Waals surface area contributed by atoms with Crippen LogP contribution in [0, 0.1) is 18.8 Å². The molecule has 5 rings (SSSR count). The molecule has 196 valence electrons. The van der Waals surface area contributed by atoms with E-state index in [0.717, 1.165) is 69.5 Å². The van der Waals surface area contributed by atoms with Gasteiger partial charge in [0.2, 0.25) is 0 Å². The van der Waals surface area contributed by atoms with Gasteiger partial charge in [-0.25, -0.2) is 4.79 Å². The number of hydrogen-bond donors (Lipinski definition) is 0. The number of ketones is 1. The van der Waals surface area contributed by atoms with Crippen molar-refractivity contribution in [1.82, 2.24) is 4.57 Å². The van der Waals surface area contributed by atoms with Crippen molar-refractivity contribution in [3.63, 3.8) is 0 Å². The van der Waals surface area contributed by atoms with E-state index in [2.05, 4.69) is 47.8 Å². The predicted molar refractivity (Wildman–Crippen MR) is 154 cm³/mol. The number of aromatic nitrogens is 1. The second-order valence-corrected chi connectivity index (χ2v) is 10.8. The Bertz CT molecular complexity index is 1540. The number of hydrogen-bond acceptors (Lipinski definition) is 4. The van der Waals surface area contributed by atoms with E-state index in [1.807, 2.05) is 43.3 Å². The van der Waals surface area contributed by atoms with Crippen molar-refractivity contribution in [1.29, 1.82) is 0 Å². The maximum atomic E-state index is 13.4. The topological polar surface area (TPSA) is 60.7 Å². The molecule has 0 radical (unpaired) electrons. The van der Waals surface area contributed by atoms with Crippen LogP contribution in [0.3, 0.4) is 0 Å². The van der Waals surface area contributed by atoms with Crippen molar-refractivity contribution in [2.24, 2.45) is 17.0 Å². The van der Waals surface area contributed by atoms with Gasteiger partial charge in [-0.2, -0.15) is 0 Å². The first kappa shape index (κ1) is 25.9. The Balaban J connectivity index is 1.57. The summed E-state index contributed by atoms with van der Waals surface area (Å²) in [4.78, 5) is 30.1. The number of nitrogens with zero attached hydrogens (tertiary/aromatic N) is 2. The molecule has 1 aromatic heterocycles. The Morgan fingerprint density at radius 1 is 0.974 bits per heavy atom. The van der Waals surface area contributed by atoms with Crippen LogP contribution in [-0.2, 0) is 16.2 Å². The molecule has 3 aromatic carbocycles. The minimum absolute atomic E-state index is 0.0291. The van der Waals surface area contributed by atoms with Gasteiger partial charge in [0.05, 0.1) is 5.71 Å². The first-order valence-corrected chi connectivity index (χ1v) is 13.8. The molecule has 38 heavy (non-hydrogen) atoms. The summed E-state index contributed by atoms with van der Waals surface area (Å²) in [6, 6.07) is 20.1. The normalized spacial score (nSPS) is 17.8. The van der Waals surface area contributed by atoms with Gasteiger partial charge in [0.15, 0.2) is 5.78 Å². The van der Waals surface area contributed by atoms with Gasteiger partial charge in [0.25, 0.3) is 0 Å². The van der Waals surface area contributed by atoms with Crippen LogP contribution in [0.2, 0.25) is 0 Å². The number of aryl methyl sites for hydroxylation is 2. The smallest absolute Gasteiger partial charge is 0.331 e. The number of benzene rings is 3. The Morgan fingerprint density at radius 2 is 1.66 bits per heavy atom. The molecule has 0 amide bonds. The van der Waals surface area contributed by atoms with Crippen LogP contribution in [-0.4, -0.2) is 22.0 Å². The first-order valence-electron chi connectivity index (χ1n) is 13.8. The van der Waals surface area contributed by atoms with E-state index >= 15 is 0 Å². The average Bonchev–Trinajstić information content (AvgIpc) is 3.47. The highest BCUT2D eigenvalue weighted by molar-refractivity contribution is 6.16. The molecule has 5 nitrogen and oxygen atoms in total. The molecule has 1 fully saturated rings. The van der Waals surface area contributed by atoms with Crippen molar-refractivity contribution in [2.75, 3.05) is 0 Å². The van der Waals surface area contributed by atoms with Crippen LogP contribution in [0.1, 0.15) is 79.9 Å². The SMILES string of the molecule is CCn1c2ccc(C(=O)c3ccccc3C)cc2c2cc(/C(CCC3CCC(C)C3)=N\OC(C)=O)ccc21. The molecule has 1 saturated carbocycles. The van der Waals surface area contributed by atoms with Crippen molar-refractivity contribution in [3.05, 3.63) is 82.9 Å². The molecule has 2 unspecified atom stereocenters. The molecule has 1 aliphatic rings. The summed E-state index contributed by atoms with van der Waals surface area (Å²) in [7, 11) is 0. The maximum Gasteiger partial charge on any atom is 0.331 e. The van der Waals surface area contributed by atoms with Crippen LogP contribution < -0.4 is 0 Å². The van der Waals surface area contributed by atoms with E-state index in [1.165, 1.54) is 26.2 Å². The first-order chi connectivity index (χ1) is 18.4. The fraction of sp³-hybridized carbons (Fsp3) is 0.364. The summed E-state index contributed by atoms with van der Waals surface area (Å²) in [5, 5.41) is 6.40. The summed E-state index contributed by atoms with van der Waals surface area (Å²) in [6.45, 7) is 8.62. The van der Waals surface area contributed by atoms with Gasteiger partial charge in [-0.15, -0.1) is 0 Å². The predicted octanol–water partition coefficient (Wildman–Crippen LogP) is 7.84. The molecule has 0 aliphatic heterocycles. The van der Waals surface area contributed by atoms with Crippen LogP contribution in [0.4, 0.5) is 0 Å². The molecular formula is C33H36N2O3. The van der Waals surface area contributed by atoms with Crippen molar-refractivity contribution in [2.45, 2.75) is 66.3 Å². The number of carbonyl (C=O) groups excluding carboxylic acids is 2. The third-order valence-electron chi connectivity index (χ3n) is 8.04. The van der Waals surface area contributed by atoms with Gasteiger partial charge in [0.1, 0.15) is 0 Å². The van der Waals surface area contributed by atoms with Crippen LogP contribution in [0.5, 0.6) is 0 Å². The zero-order chi connectivity index (χ0) is 26.8. The molecule has 0 bridgehead atoms. The Morgan fingerprint density at radius 3 is 2.29 bits per heavy atom. The maximum absolute atomic E-state index is 13.4. The lowest BCUT2D eigenvalue weighted by Gasteiger charge is -2.11. The molecule has 4 aromatic rings. The van der Waals surface area contributed by atoms with Gasteiger partial charge >= 0.3 is 5.97 Å². The van der Waals surface area contributed by atoms with Gasteiger partial charge in [-0.1, -0.05) is 55.3 Å². The van der Waals surface area contributed by atoms with Gasteiger partial charge in [0, 0.05) is 52.0 Å². The highest BCUT2D eigenvalue weighted by atomic mass is 16.7. The lowest BCUT2D eigenvalue weighted by atomic mass is 9.95. The Kier molecular flexibility index (Phi) is 7.46. The Hall–Kier alpha value is -3.73. The lowest BCUT2D eigenvalue weighted by Crippen LogP contribution is -2.07. The van der Waals surface area contributed by atoms with E-state index in [1.54, 1.807) is 0 Å². The van der Waals surface area contributed by atoms with Crippen LogP contribution in [0.25, 0.3) is 21.8 Å². The highest BCUT2D eigenvalue weighted by Crippen LogP contribution is 2.35. The lowest BCUT2D eigenvalue weighted by molar-refractivity contribution is -0.140. The summed E-state index contributed by atoms with van der Waals surface area (Å²) >= 11 is 0. The molecule has 0 spiro atoms. The minimum atomic E-state index is -0.417. The monoisotopic (exact) mass is 508 g/mol. The minimum Gasteiger partial charge on any atom is -0.341 e. The molecule has 0 N–H and O–H groups in total. The van der Waals surface area contributed by atoms with E-state index in [9.17, 15) is 9.59 Å². The number of carbonyl (C=O) groups is 2. The molecular weight excluding hydrogens is 472 g/mol. The van der Waals surface area contributed by atoms with Gasteiger partial charge in [-0.3, -0.25) is 4.79 Å². The summed E-state index contributed by atoms with van der Waals surface area (Å²) < 4.78 is 2.28. The van der Waals surface area contributed by atoms with Gasteiger partial charge in [-0.05, 0) is 80.8 Å². The van der Waals surface area contributed by atoms with Crippen molar-refractivity contribution >= 4 is 39.3 Å². The third-order valence-corrected chi connectivity index (χ3v) is 8.04. The third kappa shape index (κ3) is 5.15. The standard InChI is InChI=1S/C33H36N2O3/c1-5-35-31-16-13-25(30(34-38-23(4)36)15-12-24-11-10-21(2)18-24)19-28(31)29-20-26(14-17-32(29)35)33(37)27-9-7-6-8-22(27)3/h6-9,13-14,16-17,19-21,24H,5,10-12,15,18H2,1-4H3/b34-30-. The largest absolute Gasteiger partial charge is 0.341 e. The Labute approximate surface area is 224 Å². The second-order valence-electron chi connectivity index (χ2n) is 10.8. The average molecular weight is 509 g/mol. The van der Waals surface area contributed by atoms with Crippen molar-refractivity contribution in [3.8, 4) is 0 Å². The number of rotatable bonds is 8. The molecule has 1 aliphatic carbocycles. The van der Waals surface area contributed by atoms with Crippen molar-refractivity contribution < 1.29 is 14.4 Å². The summed E-state index contributed by atoms with van der Waals surface area (Å²) in [5.41, 5.74) is 6.34. The number of oxime groups is 1. The number of fused-ring (bicyclic) bond motifs is 3. The fourth-order valence-corrected chi connectivity index (χ4v) is 6.04. The molecule has 2 atom stereocenters. The summed E-state index contributed by atoms with van der Waals surface area (Å²) in [5.74, 6) is 1.08. The quantitative estimate of drug-likeness (QED) is 0.105. The fourth-order valence-electron chi connectivity index (χ4n) is 6.04. The van der Waals surface area contributed by atoms with E-state index in [4.69, 9.17) is 4.84 Å². The van der Waals surface area contributed by atoms with E-state index in [-0.39, 0.29) is 5.78 Å². The van der Waals surface area contributed by atoms with Gasteiger partial charge < -0.3 is 9.40 Å². The summed E-state index contributed by atoms with van der Waals surface area (Å²) in [6.07, 6.45) is 5.59. The highest BCUT2D eigenvalue weighted by Gasteiger charge is 2.22.